The zero-order valence-electron chi connectivity index (χ0n) is 71.4. The molecule has 0 bridgehead atoms. The Morgan fingerprint density at radius 2 is 1.05 bits per heavy atom. The third kappa shape index (κ3) is 26.1. The van der Waals surface area contributed by atoms with Crippen LogP contribution in [0.3, 0.4) is 0 Å². The molecule has 1 fully saturated rings. The van der Waals surface area contributed by atoms with Crippen molar-refractivity contribution in [3.63, 3.8) is 0 Å². The van der Waals surface area contributed by atoms with Crippen molar-refractivity contribution < 1.29 is 78.7 Å². The number of imidazole rings is 1. The van der Waals surface area contributed by atoms with Crippen LogP contribution in [0.4, 0.5) is 35.9 Å². The number of hydrogen-bond donors (Lipinski definition) is 8. The standard InChI is InChI=1S/C20H26N4O5.C16H11F3N2O.C15H11F2N3O.C14H15ClN4O4S.C13H11FN4.C13H10N4/c1-20(2,3)29-19(26)24-10-13(21-17(25)11-24)12-28-18-9-15(22-23-18)14-7-5-6-8-16(14)27-4;1-22-16-12(6-11(18)7-13(16)19)15-8-14(20-21-15)9-3-2-4-10(17)5-9;1-21-15-10(6-9(16)7-11(15)17)13-8-14(20-19-13)12-4-2-3-5-18-12;1-3-23-14(21)16-11(20)7-24-13-17-12(18-19-13)9-6-8(15)4-5-10(9)22-2;1-18-6-5-15-13(18)12-8-11(16-17-12)9-3-2-4-10(14)7-9;1-3-7-14-10(5-1)12-9-13(17-16-12)11-6-2-4-8-15-11/h5-9,13H,10-12H2,1-4H3,(H,21,25)(H,22,23);2-8H,1H3,(H,20,21);2-8H,1H3,(H,19,20);4-6H,3,7H2,1-2H3,(H,16,20,21)(H,17,18,19);2-8H,1H3,(H,16,17);1-9H,(H,16,17). The summed E-state index contributed by atoms with van der Waals surface area (Å²) < 4.78 is 119. The number of aryl methyl sites for hydroxylation is 1. The molecule has 1 atom stereocenters. The molecule has 17 rings (SSSR count). The molecule has 131 heavy (non-hydrogen) atoms. The van der Waals surface area contributed by atoms with Gasteiger partial charge >= 0.3 is 12.2 Å². The van der Waals surface area contributed by atoms with Crippen LogP contribution in [0.2, 0.25) is 5.02 Å². The second kappa shape index (κ2) is 45.0. The summed E-state index contributed by atoms with van der Waals surface area (Å²) in [5.41, 5.74) is 10.9. The van der Waals surface area contributed by atoms with Gasteiger partial charge in [-0.05, 0) is 155 Å². The van der Waals surface area contributed by atoms with Crippen molar-refractivity contribution in [2.45, 2.75) is 44.5 Å². The minimum absolute atomic E-state index is 0.0250. The van der Waals surface area contributed by atoms with Gasteiger partial charge in [-0.1, -0.05) is 78.0 Å². The molecule has 10 aromatic heterocycles. The number of nitrogens with one attached hydrogen (secondary N) is 8. The number of halogens is 7. The van der Waals surface area contributed by atoms with Crippen molar-refractivity contribution in [1.29, 1.82) is 0 Å². The summed E-state index contributed by atoms with van der Waals surface area (Å²) in [5.74, 6) is -1.61. The number of aromatic nitrogens is 18. The minimum Gasteiger partial charge on any atom is -0.496 e. The van der Waals surface area contributed by atoms with Gasteiger partial charge in [0.15, 0.2) is 34.8 Å². The van der Waals surface area contributed by atoms with Crippen molar-refractivity contribution in [3.05, 3.63) is 271 Å². The highest BCUT2D eigenvalue weighted by atomic mass is 35.5. The molecular weight excluding hydrogens is 1740 g/mol. The highest BCUT2D eigenvalue weighted by Crippen LogP contribution is 2.38. The summed E-state index contributed by atoms with van der Waals surface area (Å²) >= 11 is 7.06. The van der Waals surface area contributed by atoms with Crippen molar-refractivity contribution in [2.24, 2.45) is 7.05 Å². The van der Waals surface area contributed by atoms with Gasteiger partial charge in [0, 0.05) is 90.1 Å². The maximum Gasteiger partial charge on any atom is 0.413 e. The van der Waals surface area contributed by atoms with Crippen molar-refractivity contribution in [3.8, 4) is 142 Å². The number of alkyl carbamates (subject to hydrolysis) is 1. The average molecular weight is 1830 g/mol. The number of hydrogen-bond acceptors (Lipinski definition) is 23. The van der Waals surface area contributed by atoms with E-state index < -0.39 is 52.8 Å². The Hall–Kier alpha value is -15.9. The fourth-order valence-electron chi connectivity index (χ4n) is 12.5. The fourth-order valence-corrected chi connectivity index (χ4v) is 13.2. The van der Waals surface area contributed by atoms with Gasteiger partial charge in [0.25, 0.3) is 0 Å². The summed E-state index contributed by atoms with van der Waals surface area (Å²) in [6.45, 7) is 7.62. The summed E-state index contributed by atoms with van der Waals surface area (Å²) in [6.07, 6.45) is 7.45. The van der Waals surface area contributed by atoms with E-state index in [1.165, 1.54) is 49.5 Å². The van der Waals surface area contributed by atoms with Crippen molar-refractivity contribution >= 4 is 47.4 Å². The van der Waals surface area contributed by atoms with E-state index in [0.717, 1.165) is 86.8 Å². The molecule has 0 radical (unpaired) electrons. The first kappa shape index (κ1) is 94.2. The second-order valence-electron chi connectivity index (χ2n) is 28.8. The Balaban J connectivity index is 0.000000143. The Morgan fingerprint density at radius 1 is 0.511 bits per heavy atom. The van der Waals surface area contributed by atoms with Crippen LogP contribution in [0.25, 0.3) is 113 Å². The van der Waals surface area contributed by atoms with Gasteiger partial charge < -0.3 is 43.0 Å². The van der Waals surface area contributed by atoms with Crippen molar-refractivity contribution in [1.82, 2.24) is 106 Å². The van der Waals surface area contributed by atoms with E-state index in [0.29, 0.717) is 79.5 Å². The smallest absolute Gasteiger partial charge is 0.413 e. The Kier molecular flexibility index (Phi) is 32.3. The number of nitrogens with zero attached hydrogens (tertiary/aromatic N) is 13. The van der Waals surface area contributed by atoms with E-state index in [4.69, 9.17) is 40.0 Å². The predicted molar refractivity (Wildman–Crippen MR) is 476 cm³/mol. The lowest BCUT2D eigenvalue weighted by Crippen LogP contribution is -2.58. The highest BCUT2D eigenvalue weighted by Gasteiger charge is 2.32. The van der Waals surface area contributed by atoms with E-state index >= 15 is 0 Å². The predicted octanol–water partition coefficient (Wildman–Crippen LogP) is 17.4. The number of imide groups is 1. The van der Waals surface area contributed by atoms with Gasteiger partial charge in [-0.3, -0.25) is 65.3 Å². The Morgan fingerprint density at radius 3 is 1.64 bits per heavy atom. The first-order valence-electron chi connectivity index (χ1n) is 39.7. The fraction of sp³-hybridized carbons (Fsp3) is 0.176. The molecule has 32 nitrogen and oxygen atoms in total. The molecule has 1 aliphatic heterocycles. The number of ether oxygens (including phenoxy) is 7. The van der Waals surface area contributed by atoms with Crippen LogP contribution in [0, 0.1) is 34.9 Å². The van der Waals surface area contributed by atoms with Crippen LogP contribution >= 0.6 is 23.4 Å². The first-order valence-corrected chi connectivity index (χ1v) is 41.1. The zero-order chi connectivity index (χ0) is 93.1. The molecule has 1 unspecified atom stereocenters. The van der Waals surface area contributed by atoms with Crippen LogP contribution in [-0.4, -0.2) is 192 Å². The maximum absolute atomic E-state index is 13.7. The largest absolute Gasteiger partial charge is 0.496 e. The van der Waals surface area contributed by atoms with Gasteiger partial charge in [-0.15, -0.1) is 10.2 Å². The molecule has 0 aliphatic carbocycles. The molecule has 40 heteroatoms. The summed E-state index contributed by atoms with van der Waals surface area (Å²) in [4.78, 5) is 69.5. The van der Waals surface area contributed by atoms with Gasteiger partial charge in [-0.2, -0.15) is 20.4 Å². The molecule has 11 heterocycles. The third-order valence-corrected chi connectivity index (χ3v) is 19.4. The number of amides is 4. The monoisotopic (exact) mass is 1830 g/mol. The van der Waals surface area contributed by atoms with Crippen molar-refractivity contribution in [2.75, 3.05) is 60.5 Å². The highest BCUT2D eigenvalue weighted by molar-refractivity contribution is 7.99. The maximum atomic E-state index is 13.7. The number of rotatable bonds is 21. The summed E-state index contributed by atoms with van der Waals surface area (Å²) in [5, 5.41) is 47.5. The lowest BCUT2D eigenvalue weighted by atomic mass is 10.1. The number of benzene rings is 6. The second-order valence-corrected chi connectivity index (χ2v) is 30.1. The molecule has 0 saturated carbocycles. The number of piperazine rings is 1. The molecule has 1 saturated heterocycles. The molecule has 674 valence electrons. The molecule has 4 amide bonds. The van der Waals surface area contributed by atoms with E-state index in [9.17, 15) is 45.5 Å². The molecule has 16 aromatic rings. The number of carbonyl (C=O) groups is 4. The normalized spacial score (nSPS) is 12.0. The Bertz CT molecular complexity index is 6460. The van der Waals surface area contributed by atoms with Crippen LogP contribution in [0.1, 0.15) is 27.7 Å². The summed E-state index contributed by atoms with van der Waals surface area (Å²) in [6, 6.07) is 54.2. The topological polar surface area (TPSA) is 402 Å². The van der Waals surface area contributed by atoms with Gasteiger partial charge in [-0.25, -0.2) is 45.9 Å². The number of thioether (sulfide) groups is 1. The molecule has 1 aliphatic rings. The van der Waals surface area contributed by atoms with Gasteiger partial charge in [0.05, 0.1) is 115 Å². The number of methoxy groups -OCH3 is 4. The lowest BCUT2D eigenvalue weighted by Gasteiger charge is -2.33. The SMILES string of the molecule is CCOC(=O)NC(=O)CSc1n[nH]c(-c2cc(Cl)ccc2OC)n1.COc1c(F)cc(F)cc1-c1cc(-c2cccc(F)c2)n[nH]1.COc1c(F)cc(F)cc1-c1cc(-c2ccccn2)[nH]n1.COc1ccccc1-c1cc(OCC2CN(C(=O)OC(C)(C)C)CC(=O)N2)n[nH]1.Cn1ccnc1-c1cc(-c2cccc(F)c2)n[nH]1.c1ccc(-c2cc(-c3ccccn3)[nH]n2)nc1. The van der Waals surface area contributed by atoms with Gasteiger partial charge in [0.1, 0.15) is 64.9 Å². The van der Waals surface area contributed by atoms with Crippen LogP contribution in [0.15, 0.2) is 236 Å². The van der Waals surface area contributed by atoms with E-state index in [2.05, 4.69) is 101 Å². The van der Waals surface area contributed by atoms with Crippen LogP contribution < -0.4 is 34.3 Å². The van der Waals surface area contributed by atoms with E-state index in [-0.39, 0.29) is 65.9 Å². The van der Waals surface area contributed by atoms with E-state index in [1.807, 2.05) is 103 Å². The lowest BCUT2D eigenvalue weighted by molar-refractivity contribution is -0.126. The molecule has 8 N–H and O–H groups in total. The number of para-hydroxylation sites is 1. The van der Waals surface area contributed by atoms with Crippen LogP contribution in [0.5, 0.6) is 28.9 Å². The Labute approximate surface area is 753 Å². The quantitative estimate of drug-likeness (QED) is 0.0245. The van der Waals surface area contributed by atoms with E-state index in [1.54, 1.807) is 133 Å². The minimum atomic E-state index is -0.806. The number of aromatic amines is 6. The number of H-pyrrole nitrogens is 6. The van der Waals surface area contributed by atoms with Crippen LogP contribution in [-0.2, 0) is 26.1 Å². The van der Waals surface area contributed by atoms with Gasteiger partial charge in [0.2, 0.25) is 22.9 Å². The molecular formula is C91H84ClF6N21O11S. The third-order valence-electron chi connectivity index (χ3n) is 18.3. The number of carbonyl (C=O) groups excluding carboxylic acids is 4. The zero-order valence-corrected chi connectivity index (χ0v) is 73.0. The molecule has 0 spiro atoms. The number of pyridine rings is 3. The first-order chi connectivity index (χ1) is 63.2. The molecule has 6 aromatic carbocycles. The summed E-state index contributed by atoms with van der Waals surface area (Å²) in [7, 11) is 7.67. The average Bonchev–Trinajstić information content (AvgIpc) is 1.77.